The first-order chi connectivity index (χ1) is 12.4. The summed E-state index contributed by atoms with van der Waals surface area (Å²) in [6, 6.07) is 5.77. The fourth-order valence-corrected chi connectivity index (χ4v) is 3.21. The van der Waals surface area contributed by atoms with Crippen LogP contribution in [-0.4, -0.2) is 32.2 Å². The summed E-state index contributed by atoms with van der Waals surface area (Å²) >= 11 is 1.69. The van der Waals surface area contributed by atoms with Crippen LogP contribution in [0.4, 0.5) is 0 Å². The molecule has 0 atom stereocenters. The van der Waals surface area contributed by atoms with E-state index in [-0.39, 0.29) is 29.4 Å². The van der Waals surface area contributed by atoms with E-state index in [0.717, 1.165) is 27.8 Å². The number of nitrogens with zero attached hydrogens (tertiary/aromatic N) is 2. The third-order valence-electron chi connectivity index (χ3n) is 3.79. The second kappa shape index (κ2) is 10.7. The highest BCUT2D eigenvalue weighted by Crippen LogP contribution is 2.26. The maximum Gasteiger partial charge on any atom is 0.191 e. The number of thiazole rings is 1. The largest absolute Gasteiger partial charge is 0.497 e. The van der Waals surface area contributed by atoms with Crippen LogP contribution < -0.4 is 20.1 Å². The molecular formula is C19H29IN4O2S. The highest BCUT2D eigenvalue weighted by Gasteiger charge is 2.17. The summed E-state index contributed by atoms with van der Waals surface area (Å²) in [6.45, 7) is 7.74. The molecule has 1 aromatic heterocycles. The lowest BCUT2D eigenvalue weighted by atomic mass is 9.98. The number of benzene rings is 1. The van der Waals surface area contributed by atoms with Crippen molar-refractivity contribution in [2.24, 2.45) is 4.99 Å². The molecule has 0 spiro atoms. The van der Waals surface area contributed by atoms with Crippen LogP contribution in [0, 0.1) is 0 Å². The van der Waals surface area contributed by atoms with Gasteiger partial charge in [-0.15, -0.1) is 35.3 Å². The number of rotatable bonds is 6. The molecule has 6 nitrogen and oxygen atoms in total. The zero-order chi connectivity index (χ0) is 19.2. The summed E-state index contributed by atoms with van der Waals surface area (Å²) in [5.74, 6) is 2.26. The molecule has 0 aliphatic rings. The molecule has 0 aliphatic heterocycles. The molecule has 27 heavy (non-hydrogen) atoms. The first kappa shape index (κ1) is 23.5. The minimum absolute atomic E-state index is 0. The number of ether oxygens (including phenoxy) is 2. The maximum absolute atomic E-state index is 5.43. The summed E-state index contributed by atoms with van der Waals surface area (Å²) in [6.07, 6.45) is 0. The predicted octanol–water partition coefficient (Wildman–Crippen LogP) is 3.94. The first-order valence-corrected chi connectivity index (χ1v) is 9.35. The van der Waals surface area contributed by atoms with Gasteiger partial charge in [-0.1, -0.05) is 20.8 Å². The zero-order valence-electron chi connectivity index (χ0n) is 16.8. The Morgan fingerprint density at radius 2 is 1.85 bits per heavy atom. The fourth-order valence-electron chi connectivity index (χ4n) is 2.30. The van der Waals surface area contributed by atoms with E-state index in [4.69, 9.17) is 14.5 Å². The van der Waals surface area contributed by atoms with Crippen LogP contribution >= 0.6 is 35.3 Å². The number of methoxy groups -OCH3 is 2. The van der Waals surface area contributed by atoms with Gasteiger partial charge in [-0.3, -0.25) is 4.99 Å². The van der Waals surface area contributed by atoms with E-state index in [1.165, 1.54) is 0 Å². The SMILES string of the molecule is CN=C(NCc1csc(C(C)(C)C)n1)NCc1ccc(OC)cc1OC.I. The second-order valence-corrected chi connectivity index (χ2v) is 7.71. The van der Waals surface area contributed by atoms with Crippen molar-refractivity contribution in [3.05, 3.63) is 39.8 Å². The van der Waals surface area contributed by atoms with Crippen LogP contribution in [0.1, 0.15) is 37.0 Å². The van der Waals surface area contributed by atoms with Crippen molar-refractivity contribution in [1.29, 1.82) is 0 Å². The lowest BCUT2D eigenvalue weighted by molar-refractivity contribution is 0.390. The molecule has 0 aliphatic carbocycles. The average molecular weight is 504 g/mol. The van der Waals surface area contributed by atoms with E-state index in [1.54, 1.807) is 32.6 Å². The van der Waals surface area contributed by atoms with E-state index in [2.05, 4.69) is 41.8 Å². The Bertz CT molecular complexity index is 756. The molecule has 0 saturated carbocycles. The Labute approximate surface area is 182 Å². The van der Waals surface area contributed by atoms with Gasteiger partial charge in [0.15, 0.2) is 5.96 Å². The van der Waals surface area contributed by atoms with Crippen LogP contribution in [0.15, 0.2) is 28.6 Å². The normalized spacial score (nSPS) is 11.6. The molecule has 0 radical (unpaired) electrons. The van der Waals surface area contributed by atoms with Crippen molar-refractivity contribution >= 4 is 41.3 Å². The van der Waals surface area contributed by atoms with Crippen molar-refractivity contribution in [3.63, 3.8) is 0 Å². The summed E-state index contributed by atoms with van der Waals surface area (Å²) in [5.41, 5.74) is 2.12. The van der Waals surface area contributed by atoms with Gasteiger partial charge >= 0.3 is 0 Å². The quantitative estimate of drug-likeness (QED) is 0.355. The molecule has 0 fully saturated rings. The molecular weight excluding hydrogens is 475 g/mol. The van der Waals surface area contributed by atoms with Crippen LogP contribution in [0.25, 0.3) is 0 Å². The lowest BCUT2D eigenvalue weighted by Gasteiger charge is -2.15. The third-order valence-corrected chi connectivity index (χ3v) is 5.11. The second-order valence-electron chi connectivity index (χ2n) is 6.85. The Morgan fingerprint density at radius 3 is 2.41 bits per heavy atom. The lowest BCUT2D eigenvalue weighted by Crippen LogP contribution is -2.36. The monoisotopic (exact) mass is 504 g/mol. The molecule has 0 unspecified atom stereocenters. The summed E-state index contributed by atoms with van der Waals surface area (Å²) in [4.78, 5) is 8.96. The molecule has 8 heteroatoms. The number of aromatic nitrogens is 1. The van der Waals surface area contributed by atoms with Crippen LogP contribution in [0.5, 0.6) is 11.5 Å². The van der Waals surface area contributed by atoms with E-state index < -0.39 is 0 Å². The molecule has 0 saturated heterocycles. The van der Waals surface area contributed by atoms with E-state index in [0.29, 0.717) is 19.0 Å². The Kier molecular flexibility index (Phi) is 9.31. The highest BCUT2D eigenvalue weighted by molar-refractivity contribution is 14.0. The predicted molar refractivity (Wildman–Crippen MR) is 123 cm³/mol. The van der Waals surface area contributed by atoms with E-state index >= 15 is 0 Å². The van der Waals surface area contributed by atoms with Crippen molar-refractivity contribution in [3.8, 4) is 11.5 Å². The first-order valence-electron chi connectivity index (χ1n) is 8.47. The molecule has 0 bridgehead atoms. The Morgan fingerprint density at radius 1 is 1.15 bits per heavy atom. The van der Waals surface area contributed by atoms with E-state index in [9.17, 15) is 0 Å². The maximum atomic E-state index is 5.43. The van der Waals surface area contributed by atoms with Gasteiger partial charge in [0.2, 0.25) is 0 Å². The number of halogens is 1. The van der Waals surface area contributed by atoms with Gasteiger partial charge in [0.05, 0.1) is 31.5 Å². The van der Waals surface area contributed by atoms with Gasteiger partial charge in [0, 0.05) is 36.0 Å². The van der Waals surface area contributed by atoms with Crippen molar-refractivity contribution in [2.45, 2.75) is 39.3 Å². The fraction of sp³-hybridized carbons (Fsp3) is 0.474. The smallest absolute Gasteiger partial charge is 0.191 e. The summed E-state index contributed by atoms with van der Waals surface area (Å²) < 4.78 is 10.7. The summed E-state index contributed by atoms with van der Waals surface area (Å²) in [7, 11) is 5.05. The van der Waals surface area contributed by atoms with Crippen LogP contribution in [-0.2, 0) is 18.5 Å². The van der Waals surface area contributed by atoms with Gasteiger partial charge < -0.3 is 20.1 Å². The number of hydrogen-bond acceptors (Lipinski definition) is 5. The molecule has 2 rings (SSSR count). The number of nitrogens with one attached hydrogen (secondary N) is 2. The van der Waals surface area contributed by atoms with Gasteiger partial charge in [-0.25, -0.2) is 4.98 Å². The molecule has 1 aromatic carbocycles. The number of guanidine groups is 1. The summed E-state index contributed by atoms with van der Waals surface area (Å²) in [5, 5.41) is 9.83. The Balaban J connectivity index is 0.00000364. The molecule has 2 N–H and O–H groups in total. The Hall–Kier alpha value is -1.55. The third kappa shape index (κ3) is 6.84. The van der Waals surface area contributed by atoms with Crippen molar-refractivity contribution < 1.29 is 9.47 Å². The van der Waals surface area contributed by atoms with Crippen molar-refractivity contribution in [2.75, 3.05) is 21.3 Å². The number of aliphatic imine (C=N–C) groups is 1. The van der Waals surface area contributed by atoms with Gasteiger partial charge in [-0.05, 0) is 12.1 Å². The number of hydrogen-bond donors (Lipinski definition) is 2. The standard InChI is InChI=1S/C19H28N4O2S.HI/c1-19(2,3)17-23-14(12-26-17)11-22-18(20-4)21-10-13-7-8-15(24-5)9-16(13)25-6;/h7-9,12H,10-11H2,1-6H3,(H2,20,21,22);1H. The topological polar surface area (TPSA) is 67.8 Å². The molecule has 0 amide bonds. The average Bonchev–Trinajstić information content (AvgIpc) is 3.11. The van der Waals surface area contributed by atoms with Crippen LogP contribution in [0.2, 0.25) is 0 Å². The van der Waals surface area contributed by atoms with Gasteiger partial charge in [-0.2, -0.15) is 0 Å². The highest BCUT2D eigenvalue weighted by atomic mass is 127. The molecule has 2 aromatic rings. The minimum atomic E-state index is 0. The molecule has 1 heterocycles. The zero-order valence-corrected chi connectivity index (χ0v) is 19.9. The van der Waals surface area contributed by atoms with Crippen molar-refractivity contribution in [1.82, 2.24) is 15.6 Å². The van der Waals surface area contributed by atoms with Gasteiger partial charge in [0.1, 0.15) is 11.5 Å². The minimum Gasteiger partial charge on any atom is -0.497 e. The molecule has 150 valence electrons. The van der Waals surface area contributed by atoms with E-state index in [1.807, 2.05) is 18.2 Å². The van der Waals surface area contributed by atoms with Gasteiger partial charge in [0.25, 0.3) is 0 Å². The van der Waals surface area contributed by atoms with Crippen LogP contribution in [0.3, 0.4) is 0 Å².